The number of amides is 2. The van der Waals surface area contributed by atoms with Gasteiger partial charge >= 0.3 is 0 Å². The number of thioether (sulfide) groups is 1. The van der Waals surface area contributed by atoms with Crippen LogP contribution >= 0.6 is 35.0 Å². The molecule has 0 aromatic heterocycles. The molecule has 0 saturated heterocycles. The van der Waals surface area contributed by atoms with Crippen LogP contribution in [0.25, 0.3) is 0 Å². The molecule has 0 spiro atoms. The lowest BCUT2D eigenvalue weighted by molar-refractivity contribution is -0.139. The average Bonchev–Trinajstić information content (AvgIpc) is 3.41. The van der Waals surface area contributed by atoms with Gasteiger partial charge in [-0.1, -0.05) is 84.6 Å². The molecule has 3 aromatic rings. The summed E-state index contributed by atoms with van der Waals surface area (Å²) in [6.07, 6.45) is 4.47. The zero-order chi connectivity index (χ0) is 26.9. The van der Waals surface area contributed by atoms with Crippen molar-refractivity contribution in [1.29, 1.82) is 0 Å². The number of carbonyl (C=O) groups excluding carboxylic acids is 2. The number of nitrogens with zero attached hydrogens (tertiary/aromatic N) is 1. The van der Waals surface area contributed by atoms with E-state index in [1.54, 1.807) is 23.1 Å². The first kappa shape index (κ1) is 28.5. The Balaban J connectivity index is 1.58. The van der Waals surface area contributed by atoms with Crippen molar-refractivity contribution in [3.05, 3.63) is 105 Å². The highest BCUT2D eigenvalue weighted by Crippen LogP contribution is 2.25. The van der Waals surface area contributed by atoms with E-state index in [1.165, 1.54) is 17.8 Å². The first-order chi connectivity index (χ1) is 18.4. The Bertz CT molecular complexity index is 1220. The van der Waals surface area contributed by atoms with Gasteiger partial charge in [-0.2, -0.15) is 0 Å². The molecular weight excluding hydrogens is 542 g/mol. The molecule has 1 atom stereocenters. The lowest BCUT2D eigenvalue weighted by Gasteiger charge is -2.32. The largest absolute Gasteiger partial charge is 0.352 e. The molecule has 200 valence electrons. The number of halogens is 3. The highest BCUT2D eigenvalue weighted by Gasteiger charge is 2.32. The molecule has 1 saturated carbocycles. The lowest BCUT2D eigenvalue weighted by Crippen LogP contribution is -2.52. The summed E-state index contributed by atoms with van der Waals surface area (Å²) in [7, 11) is 0. The van der Waals surface area contributed by atoms with Gasteiger partial charge in [0.05, 0.1) is 5.75 Å². The van der Waals surface area contributed by atoms with Crippen LogP contribution in [0.15, 0.2) is 72.8 Å². The summed E-state index contributed by atoms with van der Waals surface area (Å²) in [5.41, 5.74) is 2.17. The van der Waals surface area contributed by atoms with Crippen LogP contribution in [0.5, 0.6) is 0 Å². The van der Waals surface area contributed by atoms with Crippen LogP contribution in [0.1, 0.15) is 42.4 Å². The molecule has 0 aliphatic heterocycles. The summed E-state index contributed by atoms with van der Waals surface area (Å²) < 4.78 is 14.3. The van der Waals surface area contributed by atoms with E-state index < -0.39 is 11.9 Å². The molecular formula is C30H31Cl2FN2O2S. The quantitative estimate of drug-likeness (QED) is 0.267. The lowest BCUT2D eigenvalue weighted by atomic mass is 10.0. The maximum absolute atomic E-state index is 14.3. The van der Waals surface area contributed by atoms with Gasteiger partial charge in [0, 0.05) is 40.4 Å². The van der Waals surface area contributed by atoms with Gasteiger partial charge in [-0.15, -0.1) is 11.8 Å². The van der Waals surface area contributed by atoms with E-state index >= 15 is 0 Å². The molecule has 1 aliphatic carbocycles. The smallest absolute Gasteiger partial charge is 0.243 e. The highest BCUT2D eigenvalue weighted by atomic mass is 35.5. The topological polar surface area (TPSA) is 49.4 Å². The SMILES string of the molecule is O=C(NC1CCCC1)C(Cc1ccccc1)N(Cc1cccc(Cl)c1)C(=O)CSCc1c(F)cccc1Cl. The van der Waals surface area contributed by atoms with Crippen LogP contribution in [-0.2, 0) is 28.3 Å². The molecule has 3 aromatic carbocycles. The number of hydrogen-bond donors (Lipinski definition) is 1. The van der Waals surface area contributed by atoms with E-state index in [1.807, 2.05) is 48.5 Å². The molecule has 1 aliphatic rings. The van der Waals surface area contributed by atoms with E-state index in [2.05, 4.69) is 5.32 Å². The Morgan fingerprint density at radius 2 is 1.68 bits per heavy atom. The molecule has 1 N–H and O–H groups in total. The van der Waals surface area contributed by atoms with Crippen molar-refractivity contribution in [2.24, 2.45) is 0 Å². The Hall–Kier alpha value is -2.54. The van der Waals surface area contributed by atoms with Gasteiger partial charge in [0.25, 0.3) is 0 Å². The zero-order valence-corrected chi connectivity index (χ0v) is 23.4. The van der Waals surface area contributed by atoms with Crippen molar-refractivity contribution in [2.45, 2.75) is 56.5 Å². The van der Waals surface area contributed by atoms with Crippen molar-refractivity contribution in [3.63, 3.8) is 0 Å². The molecule has 0 bridgehead atoms. The number of carbonyl (C=O) groups is 2. The summed E-state index contributed by atoms with van der Waals surface area (Å²) in [6.45, 7) is 0.232. The molecule has 4 rings (SSSR count). The fraction of sp³-hybridized carbons (Fsp3) is 0.333. The van der Waals surface area contributed by atoms with Crippen molar-refractivity contribution in [3.8, 4) is 0 Å². The Morgan fingerprint density at radius 3 is 2.39 bits per heavy atom. The minimum Gasteiger partial charge on any atom is -0.352 e. The Kier molecular flexibility index (Phi) is 10.5. The molecule has 8 heteroatoms. The van der Waals surface area contributed by atoms with E-state index in [0.717, 1.165) is 36.8 Å². The monoisotopic (exact) mass is 572 g/mol. The minimum atomic E-state index is -0.706. The van der Waals surface area contributed by atoms with Gasteiger partial charge in [-0.3, -0.25) is 9.59 Å². The second-order valence-electron chi connectivity index (χ2n) is 9.54. The summed E-state index contributed by atoms with van der Waals surface area (Å²) in [5, 5.41) is 4.09. The third kappa shape index (κ3) is 7.98. The van der Waals surface area contributed by atoms with E-state index in [-0.39, 0.29) is 35.9 Å². The fourth-order valence-electron chi connectivity index (χ4n) is 4.75. The zero-order valence-electron chi connectivity index (χ0n) is 21.0. The second-order valence-corrected chi connectivity index (χ2v) is 11.4. The summed E-state index contributed by atoms with van der Waals surface area (Å²) >= 11 is 13.7. The van der Waals surface area contributed by atoms with Gasteiger partial charge < -0.3 is 10.2 Å². The van der Waals surface area contributed by atoms with Gasteiger partial charge in [0.2, 0.25) is 11.8 Å². The highest BCUT2D eigenvalue weighted by molar-refractivity contribution is 7.99. The molecule has 1 unspecified atom stereocenters. The van der Waals surface area contributed by atoms with Crippen LogP contribution in [0, 0.1) is 5.82 Å². The normalized spacial score (nSPS) is 14.3. The molecule has 38 heavy (non-hydrogen) atoms. The van der Waals surface area contributed by atoms with Crippen molar-refractivity contribution in [2.75, 3.05) is 5.75 Å². The first-order valence-electron chi connectivity index (χ1n) is 12.8. The van der Waals surface area contributed by atoms with Gasteiger partial charge in [0.15, 0.2) is 0 Å². The van der Waals surface area contributed by atoms with Gasteiger partial charge in [-0.05, 0) is 48.2 Å². The standard InChI is InChI=1S/C30H31Cl2FN2O2S/c31-23-11-6-10-22(16-23)18-35(29(36)20-38-19-25-26(32)14-7-15-27(25)33)28(17-21-8-2-1-3-9-21)30(37)34-24-12-4-5-13-24/h1-3,6-11,14-16,24,28H,4-5,12-13,17-20H2,(H,34,37). The van der Waals surface area contributed by atoms with Crippen LogP contribution in [0.3, 0.4) is 0 Å². The van der Waals surface area contributed by atoms with Crippen molar-refractivity contribution >= 4 is 46.8 Å². The number of benzene rings is 3. The fourth-order valence-corrected chi connectivity index (χ4v) is 6.21. The van der Waals surface area contributed by atoms with E-state index in [9.17, 15) is 14.0 Å². The van der Waals surface area contributed by atoms with E-state index in [4.69, 9.17) is 23.2 Å². The average molecular weight is 574 g/mol. The molecule has 4 nitrogen and oxygen atoms in total. The van der Waals surface area contributed by atoms with Crippen LogP contribution in [-0.4, -0.2) is 34.6 Å². The molecule has 0 heterocycles. The Labute approximate surface area is 237 Å². The summed E-state index contributed by atoms with van der Waals surface area (Å²) in [4.78, 5) is 29.1. The minimum absolute atomic E-state index is 0.0766. The van der Waals surface area contributed by atoms with Gasteiger partial charge in [0.1, 0.15) is 11.9 Å². The summed E-state index contributed by atoms with van der Waals surface area (Å²) in [5.74, 6) is -0.429. The number of nitrogens with one attached hydrogen (secondary N) is 1. The van der Waals surface area contributed by atoms with Crippen molar-refractivity contribution in [1.82, 2.24) is 10.2 Å². The number of rotatable bonds is 11. The maximum atomic E-state index is 14.3. The van der Waals surface area contributed by atoms with Crippen LogP contribution < -0.4 is 5.32 Å². The summed E-state index contributed by atoms with van der Waals surface area (Å²) in [6, 6.07) is 21.0. The second kappa shape index (κ2) is 14.0. The van der Waals surface area contributed by atoms with E-state index in [0.29, 0.717) is 22.0 Å². The Morgan fingerprint density at radius 1 is 0.974 bits per heavy atom. The molecule has 1 fully saturated rings. The third-order valence-electron chi connectivity index (χ3n) is 6.75. The molecule has 2 amide bonds. The third-order valence-corrected chi connectivity index (χ3v) is 8.28. The van der Waals surface area contributed by atoms with Crippen molar-refractivity contribution < 1.29 is 14.0 Å². The molecule has 0 radical (unpaired) electrons. The number of hydrogen-bond acceptors (Lipinski definition) is 3. The maximum Gasteiger partial charge on any atom is 0.243 e. The van der Waals surface area contributed by atoms with Crippen LogP contribution in [0.2, 0.25) is 10.0 Å². The van der Waals surface area contributed by atoms with Gasteiger partial charge in [-0.25, -0.2) is 4.39 Å². The predicted molar refractivity (Wildman–Crippen MR) is 154 cm³/mol. The van der Waals surface area contributed by atoms with Crippen LogP contribution in [0.4, 0.5) is 4.39 Å². The predicted octanol–water partition coefficient (Wildman–Crippen LogP) is 7.06. The first-order valence-corrected chi connectivity index (χ1v) is 14.7.